The maximum atomic E-state index is 4.42. The van der Waals surface area contributed by atoms with Gasteiger partial charge in [0.05, 0.1) is 11.4 Å². The predicted octanol–water partition coefficient (Wildman–Crippen LogP) is 2.94. The van der Waals surface area contributed by atoms with Crippen LogP contribution in [0.5, 0.6) is 0 Å². The molecule has 0 atom stereocenters. The van der Waals surface area contributed by atoms with Crippen molar-refractivity contribution in [1.29, 1.82) is 0 Å². The van der Waals surface area contributed by atoms with E-state index in [2.05, 4.69) is 42.8 Å². The molecular weight excluding hydrogens is 278 g/mol. The van der Waals surface area contributed by atoms with Crippen LogP contribution in [-0.4, -0.2) is 25.7 Å². The van der Waals surface area contributed by atoms with E-state index in [1.165, 1.54) is 11.5 Å². The third-order valence-electron chi connectivity index (χ3n) is 2.67. The fourth-order valence-electron chi connectivity index (χ4n) is 1.84. The maximum Gasteiger partial charge on any atom is 0.150 e. The van der Waals surface area contributed by atoms with Gasteiger partial charge in [-0.1, -0.05) is 10.6 Å². The van der Waals surface area contributed by atoms with Crippen molar-refractivity contribution in [1.82, 2.24) is 19.1 Å². The molecule has 0 unspecified atom stereocenters. The first kappa shape index (κ1) is 12.3. The van der Waals surface area contributed by atoms with Crippen LogP contribution in [-0.2, 0) is 6.54 Å². The molecule has 0 fully saturated rings. The maximum absolute atomic E-state index is 4.42. The Hall–Kier alpha value is -1.73. The van der Waals surface area contributed by atoms with Crippen LogP contribution < -0.4 is 5.32 Å². The minimum Gasteiger partial charge on any atom is -0.374 e. The Balaban J connectivity index is 1.88. The molecular formula is C12H13N5S2. The zero-order chi connectivity index (χ0) is 13.1. The summed E-state index contributed by atoms with van der Waals surface area (Å²) in [5, 5.41) is 10.6. The van der Waals surface area contributed by atoms with Crippen LogP contribution in [0.15, 0.2) is 29.9 Å². The van der Waals surface area contributed by atoms with Crippen LogP contribution >= 0.6 is 22.9 Å². The number of imidazole rings is 1. The molecule has 3 heterocycles. The lowest BCUT2D eigenvalue weighted by molar-refractivity contribution is 0.778. The van der Waals surface area contributed by atoms with Crippen LogP contribution in [0.2, 0.25) is 0 Å². The van der Waals surface area contributed by atoms with Gasteiger partial charge in [-0.05, 0) is 18.4 Å². The van der Waals surface area contributed by atoms with Crippen molar-refractivity contribution in [2.45, 2.75) is 13.5 Å². The van der Waals surface area contributed by atoms with Crippen molar-refractivity contribution in [3.05, 3.63) is 35.6 Å². The number of thiophene rings is 1. The van der Waals surface area contributed by atoms with Gasteiger partial charge in [-0.15, -0.1) is 16.4 Å². The number of hydrogen-bond donors (Lipinski definition) is 1. The lowest BCUT2D eigenvalue weighted by atomic mass is 10.4. The van der Waals surface area contributed by atoms with Crippen LogP contribution in [0.3, 0.4) is 0 Å². The van der Waals surface area contributed by atoms with Gasteiger partial charge in [0.15, 0.2) is 0 Å². The van der Waals surface area contributed by atoms with Crippen molar-refractivity contribution < 1.29 is 0 Å². The number of aromatic nitrogens is 4. The molecule has 0 saturated carbocycles. The first-order chi connectivity index (χ1) is 9.38. The second-order valence-corrected chi connectivity index (χ2v) is 5.64. The minimum atomic E-state index is 0.687. The molecule has 3 rings (SSSR count). The summed E-state index contributed by atoms with van der Waals surface area (Å²) in [5.74, 6) is 0.977. The van der Waals surface area contributed by atoms with E-state index in [4.69, 9.17) is 0 Å². The molecule has 0 aromatic carbocycles. The molecule has 19 heavy (non-hydrogen) atoms. The van der Waals surface area contributed by atoms with Crippen LogP contribution in [0, 0.1) is 0 Å². The molecule has 0 bridgehead atoms. The van der Waals surface area contributed by atoms with Gasteiger partial charge < -0.3 is 9.88 Å². The highest BCUT2D eigenvalue weighted by Gasteiger charge is 2.12. The molecule has 0 spiro atoms. The summed E-state index contributed by atoms with van der Waals surface area (Å²) in [6, 6.07) is 4.11. The molecule has 7 heteroatoms. The van der Waals surface area contributed by atoms with E-state index in [9.17, 15) is 0 Å². The van der Waals surface area contributed by atoms with E-state index >= 15 is 0 Å². The second-order valence-electron chi connectivity index (χ2n) is 3.94. The number of hydrogen-bond acceptors (Lipinski definition) is 6. The Kier molecular flexibility index (Phi) is 3.56. The average molecular weight is 291 g/mol. The SMILES string of the molecule is CCNc1snnc1Cn1ccnc1-c1cccs1. The Morgan fingerprint density at radius 3 is 3.16 bits per heavy atom. The van der Waals surface area contributed by atoms with Crippen molar-refractivity contribution in [2.24, 2.45) is 0 Å². The number of anilines is 1. The lowest BCUT2D eigenvalue weighted by Crippen LogP contribution is -2.04. The zero-order valence-corrected chi connectivity index (χ0v) is 12.0. The molecule has 0 aliphatic heterocycles. The van der Waals surface area contributed by atoms with Gasteiger partial charge in [0.25, 0.3) is 0 Å². The van der Waals surface area contributed by atoms with Gasteiger partial charge in [-0.2, -0.15) is 0 Å². The molecule has 0 aliphatic carbocycles. The number of nitrogens with one attached hydrogen (secondary N) is 1. The zero-order valence-electron chi connectivity index (χ0n) is 10.4. The minimum absolute atomic E-state index is 0.687. The Bertz CT molecular complexity index is 641. The van der Waals surface area contributed by atoms with Crippen LogP contribution in [0.1, 0.15) is 12.6 Å². The standard InChI is InChI=1S/C12H13N5S2/c1-2-13-12-9(15-16-19-12)8-17-6-5-14-11(17)10-4-3-7-18-10/h3-7,13H,2,8H2,1H3. The number of rotatable bonds is 5. The molecule has 5 nitrogen and oxygen atoms in total. The van der Waals surface area contributed by atoms with Gasteiger partial charge in [-0.25, -0.2) is 4.98 Å². The second kappa shape index (κ2) is 5.50. The van der Waals surface area contributed by atoms with E-state index in [0.29, 0.717) is 6.54 Å². The van der Waals surface area contributed by atoms with E-state index < -0.39 is 0 Å². The molecule has 3 aromatic heterocycles. The van der Waals surface area contributed by atoms with Gasteiger partial charge in [-0.3, -0.25) is 0 Å². The molecule has 3 aromatic rings. The first-order valence-corrected chi connectivity index (χ1v) is 7.64. The highest BCUT2D eigenvalue weighted by atomic mass is 32.1. The lowest BCUT2D eigenvalue weighted by Gasteiger charge is -2.06. The normalized spacial score (nSPS) is 10.8. The summed E-state index contributed by atoms with van der Waals surface area (Å²) in [6.45, 7) is 3.63. The van der Waals surface area contributed by atoms with E-state index in [0.717, 1.165) is 27.9 Å². The topological polar surface area (TPSA) is 55.6 Å². The van der Waals surface area contributed by atoms with Crippen LogP contribution in [0.25, 0.3) is 10.7 Å². The molecule has 0 aliphatic rings. The molecule has 1 N–H and O–H groups in total. The highest BCUT2D eigenvalue weighted by molar-refractivity contribution is 7.13. The summed E-state index contributed by atoms with van der Waals surface area (Å²) >= 11 is 3.09. The quantitative estimate of drug-likeness (QED) is 0.785. The van der Waals surface area contributed by atoms with Gasteiger partial charge in [0.2, 0.25) is 0 Å². The van der Waals surface area contributed by atoms with E-state index in [1.54, 1.807) is 11.3 Å². The van der Waals surface area contributed by atoms with Crippen molar-refractivity contribution in [2.75, 3.05) is 11.9 Å². The number of nitrogens with zero attached hydrogens (tertiary/aromatic N) is 4. The summed E-state index contributed by atoms with van der Waals surface area (Å²) in [6.07, 6.45) is 3.80. The van der Waals surface area contributed by atoms with Gasteiger partial charge in [0, 0.05) is 30.5 Å². The summed E-state index contributed by atoms with van der Waals surface area (Å²) < 4.78 is 6.11. The smallest absolute Gasteiger partial charge is 0.150 e. The Labute approximate surface area is 119 Å². The monoisotopic (exact) mass is 291 g/mol. The summed E-state index contributed by atoms with van der Waals surface area (Å²) in [7, 11) is 0. The van der Waals surface area contributed by atoms with E-state index in [1.807, 2.05) is 18.5 Å². The first-order valence-electron chi connectivity index (χ1n) is 5.98. The Morgan fingerprint density at radius 1 is 1.42 bits per heavy atom. The van der Waals surface area contributed by atoms with Crippen molar-refractivity contribution >= 4 is 27.9 Å². The average Bonchev–Trinajstić information content (AvgIpc) is 3.12. The van der Waals surface area contributed by atoms with E-state index in [-0.39, 0.29) is 0 Å². The molecule has 0 amide bonds. The Morgan fingerprint density at radius 2 is 2.37 bits per heavy atom. The molecule has 0 radical (unpaired) electrons. The molecule has 0 saturated heterocycles. The highest BCUT2D eigenvalue weighted by Crippen LogP contribution is 2.25. The predicted molar refractivity (Wildman–Crippen MR) is 78.7 cm³/mol. The van der Waals surface area contributed by atoms with Crippen molar-refractivity contribution in [3.63, 3.8) is 0 Å². The fourth-order valence-corrected chi connectivity index (χ4v) is 3.21. The third-order valence-corrected chi connectivity index (χ3v) is 4.26. The largest absolute Gasteiger partial charge is 0.374 e. The van der Waals surface area contributed by atoms with Gasteiger partial charge in [0.1, 0.15) is 16.5 Å². The van der Waals surface area contributed by atoms with Crippen LogP contribution in [0.4, 0.5) is 5.00 Å². The molecule has 98 valence electrons. The van der Waals surface area contributed by atoms with Crippen molar-refractivity contribution in [3.8, 4) is 10.7 Å². The summed E-state index contributed by atoms with van der Waals surface area (Å²) in [4.78, 5) is 5.59. The summed E-state index contributed by atoms with van der Waals surface area (Å²) in [5.41, 5.74) is 0.961. The fraction of sp³-hybridized carbons (Fsp3) is 0.250. The van der Waals surface area contributed by atoms with Gasteiger partial charge >= 0.3 is 0 Å². The third kappa shape index (κ3) is 2.52.